The van der Waals surface area contributed by atoms with Gasteiger partial charge in [-0.05, 0) is 30.5 Å². The average molecular weight is 321 g/mol. The summed E-state index contributed by atoms with van der Waals surface area (Å²) in [7, 11) is 0. The van der Waals surface area contributed by atoms with Crippen molar-refractivity contribution in [1.82, 2.24) is 5.32 Å². The zero-order valence-corrected chi connectivity index (χ0v) is 13.0. The van der Waals surface area contributed by atoms with Crippen molar-refractivity contribution in [3.05, 3.63) is 52.2 Å². The number of nitrogens with one attached hydrogen (secondary N) is 1. The van der Waals surface area contributed by atoms with Gasteiger partial charge < -0.3 is 10.4 Å². The Kier molecular flexibility index (Phi) is 5.41. The van der Waals surface area contributed by atoms with Gasteiger partial charge in [-0.25, -0.2) is 4.79 Å². The molecule has 1 aromatic heterocycles. The summed E-state index contributed by atoms with van der Waals surface area (Å²) >= 11 is 2.83. The van der Waals surface area contributed by atoms with E-state index < -0.39 is 5.97 Å². The SMILES string of the molecule is C[C@@H](NC(=O)CSc1ccccc1C(=O)O)c1cccs1. The molecule has 0 aliphatic rings. The summed E-state index contributed by atoms with van der Waals surface area (Å²) in [5.41, 5.74) is 0.224. The van der Waals surface area contributed by atoms with E-state index in [0.29, 0.717) is 4.90 Å². The molecule has 0 aliphatic carbocycles. The van der Waals surface area contributed by atoms with Crippen molar-refractivity contribution in [2.24, 2.45) is 0 Å². The summed E-state index contributed by atoms with van der Waals surface area (Å²) in [6.07, 6.45) is 0. The van der Waals surface area contributed by atoms with Crippen LogP contribution in [0.3, 0.4) is 0 Å². The Morgan fingerprint density at radius 3 is 2.71 bits per heavy atom. The third-order valence-electron chi connectivity index (χ3n) is 2.82. The first-order valence-corrected chi connectivity index (χ1v) is 8.22. The molecule has 110 valence electrons. The van der Waals surface area contributed by atoms with Crippen molar-refractivity contribution in [1.29, 1.82) is 0 Å². The van der Waals surface area contributed by atoms with Gasteiger partial charge in [0.05, 0.1) is 17.4 Å². The van der Waals surface area contributed by atoms with Crippen LogP contribution in [0.25, 0.3) is 0 Å². The molecule has 2 aromatic rings. The van der Waals surface area contributed by atoms with Gasteiger partial charge in [0.2, 0.25) is 5.91 Å². The second-order valence-electron chi connectivity index (χ2n) is 4.39. The Labute approximate surface area is 131 Å². The molecule has 1 aromatic carbocycles. The highest BCUT2D eigenvalue weighted by molar-refractivity contribution is 8.00. The zero-order valence-electron chi connectivity index (χ0n) is 11.4. The topological polar surface area (TPSA) is 66.4 Å². The number of carbonyl (C=O) groups is 2. The van der Waals surface area contributed by atoms with Crippen LogP contribution in [-0.4, -0.2) is 22.7 Å². The molecule has 1 heterocycles. The maximum Gasteiger partial charge on any atom is 0.336 e. The van der Waals surface area contributed by atoms with Gasteiger partial charge in [-0.15, -0.1) is 23.1 Å². The van der Waals surface area contributed by atoms with Crippen LogP contribution in [-0.2, 0) is 4.79 Å². The number of aromatic carboxylic acids is 1. The number of carbonyl (C=O) groups excluding carboxylic acids is 1. The van der Waals surface area contributed by atoms with Crippen LogP contribution in [0.1, 0.15) is 28.2 Å². The molecule has 0 saturated carbocycles. The molecule has 6 heteroatoms. The Balaban J connectivity index is 1.91. The predicted molar refractivity (Wildman–Crippen MR) is 85.0 cm³/mol. The standard InChI is InChI=1S/C15H15NO3S2/c1-10(12-7-4-8-20-12)16-14(17)9-21-13-6-3-2-5-11(13)15(18)19/h2-8,10H,9H2,1H3,(H,16,17)(H,18,19)/t10-/m1/s1. The molecule has 4 nitrogen and oxygen atoms in total. The lowest BCUT2D eigenvalue weighted by Gasteiger charge is -2.12. The van der Waals surface area contributed by atoms with Crippen molar-refractivity contribution in [3.63, 3.8) is 0 Å². The number of carboxylic acid groups (broad SMARTS) is 1. The Morgan fingerprint density at radius 2 is 2.05 bits per heavy atom. The summed E-state index contributed by atoms with van der Waals surface area (Å²) in [6.45, 7) is 1.93. The molecular formula is C15H15NO3S2. The van der Waals surface area contributed by atoms with E-state index in [1.54, 1.807) is 29.5 Å². The maximum absolute atomic E-state index is 11.9. The van der Waals surface area contributed by atoms with E-state index in [1.807, 2.05) is 24.4 Å². The lowest BCUT2D eigenvalue weighted by Crippen LogP contribution is -2.27. The number of thioether (sulfide) groups is 1. The van der Waals surface area contributed by atoms with Gasteiger partial charge in [0, 0.05) is 9.77 Å². The minimum Gasteiger partial charge on any atom is -0.478 e. The first-order chi connectivity index (χ1) is 10.1. The smallest absolute Gasteiger partial charge is 0.336 e. The lowest BCUT2D eigenvalue weighted by molar-refractivity contribution is -0.119. The minimum absolute atomic E-state index is 0.0344. The number of amides is 1. The zero-order chi connectivity index (χ0) is 15.2. The van der Waals surface area contributed by atoms with E-state index in [2.05, 4.69) is 5.32 Å². The second-order valence-corrected chi connectivity index (χ2v) is 6.39. The van der Waals surface area contributed by atoms with Gasteiger partial charge in [-0.2, -0.15) is 0 Å². The summed E-state index contributed by atoms with van der Waals surface area (Å²) in [6, 6.07) is 10.6. The highest BCUT2D eigenvalue weighted by Crippen LogP contribution is 2.23. The fourth-order valence-corrected chi connectivity index (χ4v) is 3.39. The van der Waals surface area contributed by atoms with E-state index >= 15 is 0 Å². The number of benzene rings is 1. The summed E-state index contributed by atoms with van der Waals surface area (Å²) in [5, 5.41) is 14.0. The molecule has 1 amide bonds. The third-order valence-corrected chi connectivity index (χ3v) is 4.95. The molecule has 0 saturated heterocycles. The van der Waals surface area contributed by atoms with Crippen molar-refractivity contribution < 1.29 is 14.7 Å². The van der Waals surface area contributed by atoms with Crippen molar-refractivity contribution in [2.75, 3.05) is 5.75 Å². The molecular weight excluding hydrogens is 306 g/mol. The summed E-state index contributed by atoms with van der Waals surface area (Å²) in [4.78, 5) is 24.7. The Morgan fingerprint density at radius 1 is 1.29 bits per heavy atom. The van der Waals surface area contributed by atoms with Crippen LogP contribution in [0.15, 0.2) is 46.7 Å². The monoisotopic (exact) mass is 321 g/mol. The van der Waals surface area contributed by atoms with Gasteiger partial charge in [0.1, 0.15) is 0 Å². The van der Waals surface area contributed by atoms with Crippen LogP contribution in [0.5, 0.6) is 0 Å². The molecule has 0 radical (unpaired) electrons. The van der Waals surface area contributed by atoms with E-state index in [4.69, 9.17) is 5.11 Å². The molecule has 0 unspecified atom stereocenters. The summed E-state index contributed by atoms with van der Waals surface area (Å²) < 4.78 is 0. The van der Waals surface area contributed by atoms with Gasteiger partial charge in [0.15, 0.2) is 0 Å². The number of thiophene rings is 1. The van der Waals surface area contributed by atoms with Crippen LogP contribution >= 0.6 is 23.1 Å². The lowest BCUT2D eigenvalue weighted by atomic mass is 10.2. The number of rotatable bonds is 6. The van der Waals surface area contributed by atoms with E-state index in [9.17, 15) is 9.59 Å². The van der Waals surface area contributed by atoms with Crippen molar-refractivity contribution in [2.45, 2.75) is 17.9 Å². The van der Waals surface area contributed by atoms with Gasteiger partial charge in [-0.1, -0.05) is 18.2 Å². The van der Waals surface area contributed by atoms with Gasteiger partial charge in [0.25, 0.3) is 0 Å². The fraction of sp³-hybridized carbons (Fsp3) is 0.200. The van der Waals surface area contributed by atoms with E-state index in [-0.39, 0.29) is 23.3 Å². The second kappa shape index (κ2) is 7.28. The molecule has 0 spiro atoms. The maximum atomic E-state index is 11.9. The molecule has 0 fully saturated rings. The third kappa shape index (κ3) is 4.34. The highest BCUT2D eigenvalue weighted by atomic mass is 32.2. The molecule has 21 heavy (non-hydrogen) atoms. The van der Waals surface area contributed by atoms with Crippen molar-refractivity contribution in [3.8, 4) is 0 Å². The van der Waals surface area contributed by atoms with E-state index in [1.165, 1.54) is 17.8 Å². The van der Waals surface area contributed by atoms with Crippen LogP contribution in [0, 0.1) is 0 Å². The number of hydrogen-bond acceptors (Lipinski definition) is 4. The van der Waals surface area contributed by atoms with E-state index in [0.717, 1.165) is 4.88 Å². The van der Waals surface area contributed by atoms with Gasteiger partial charge in [-0.3, -0.25) is 4.79 Å². The molecule has 2 rings (SSSR count). The number of hydrogen-bond donors (Lipinski definition) is 2. The quantitative estimate of drug-likeness (QED) is 0.800. The van der Waals surface area contributed by atoms with Crippen LogP contribution in [0.4, 0.5) is 0 Å². The normalized spacial score (nSPS) is 11.9. The van der Waals surface area contributed by atoms with Crippen LogP contribution in [0.2, 0.25) is 0 Å². The summed E-state index contributed by atoms with van der Waals surface area (Å²) in [5.74, 6) is -0.897. The molecule has 2 N–H and O–H groups in total. The largest absolute Gasteiger partial charge is 0.478 e. The average Bonchev–Trinajstić information content (AvgIpc) is 2.99. The fourth-order valence-electron chi connectivity index (χ4n) is 1.80. The highest BCUT2D eigenvalue weighted by Gasteiger charge is 2.13. The molecule has 1 atom stereocenters. The first-order valence-electron chi connectivity index (χ1n) is 6.36. The Bertz CT molecular complexity index is 626. The Hall–Kier alpha value is -1.79. The number of carboxylic acids is 1. The first kappa shape index (κ1) is 15.6. The van der Waals surface area contributed by atoms with Gasteiger partial charge >= 0.3 is 5.97 Å². The van der Waals surface area contributed by atoms with Crippen LogP contribution < -0.4 is 5.32 Å². The predicted octanol–water partition coefficient (Wildman–Crippen LogP) is 3.42. The van der Waals surface area contributed by atoms with Crippen molar-refractivity contribution >= 4 is 35.0 Å². The molecule has 0 bridgehead atoms. The molecule has 0 aliphatic heterocycles. The minimum atomic E-state index is -0.981.